The van der Waals surface area contributed by atoms with Gasteiger partial charge in [-0.05, 0) is 56.4 Å². The van der Waals surface area contributed by atoms with Crippen LogP contribution in [0.2, 0.25) is 0 Å². The van der Waals surface area contributed by atoms with Gasteiger partial charge in [0.05, 0.1) is 13.2 Å². The van der Waals surface area contributed by atoms with Crippen molar-refractivity contribution >= 4 is 39.6 Å². The number of aliphatic carboxylic acids is 1. The quantitative estimate of drug-likeness (QED) is 0.751. The van der Waals surface area contributed by atoms with Gasteiger partial charge in [0.1, 0.15) is 10.0 Å². The first-order chi connectivity index (χ1) is 14.0. The minimum Gasteiger partial charge on any atom is -0.478 e. The molecule has 3 heterocycles. The molecule has 2 aromatic rings. The summed E-state index contributed by atoms with van der Waals surface area (Å²) in [6.45, 7) is 3.16. The van der Waals surface area contributed by atoms with Crippen molar-refractivity contribution in [3.63, 3.8) is 0 Å². The van der Waals surface area contributed by atoms with Gasteiger partial charge < -0.3 is 15.2 Å². The number of ether oxygens (including phenoxy) is 1. The number of carboxylic acid groups (broad SMARTS) is 1. The highest BCUT2D eigenvalue weighted by atomic mass is 32.1. The smallest absolute Gasteiger partial charge is 0.332 e. The van der Waals surface area contributed by atoms with Crippen molar-refractivity contribution in [1.82, 2.24) is 4.98 Å². The minimum absolute atomic E-state index is 0.00396. The lowest BCUT2D eigenvalue weighted by Crippen LogP contribution is -2.35. The van der Waals surface area contributed by atoms with E-state index in [0.717, 1.165) is 58.2 Å². The van der Waals surface area contributed by atoms with Crippen LogP contribution in [-0.2, 0) is 27.4 Å². The lowest BCUT2D eigenvalue weighted by atomic mass is 9.66. The largest absolute Gasteiger partial charge is 0.478 e. The Morgan fingerprint density at radius 1 is 1.21 bits per heavy atom. The fourth-order valence-electron chi connectivity index (χ4n) is 4.89. The van der Waals surface area contributed by atoms with Crippen LogP contribution < -0.4 is 5.32 Å². The zero-order valence-electron chi connectivity index (χ0n) is 16.1. The molecule has 1 fully saturated rings. The number of nitrogens with zero attached hydrogens (tertiary/aromatic N) is 1. The number of hydrogen-bond acceptors (Lipinski definition) is 6. The summed E-state index contributed by atoms with van der Waals surface area (Å²) in [4.78, 5) is 31.0. The van der Waals surface area contributed by atoms with Gasteiger partial charge in [0.15, 0.2) is 0 Å². The number of aryl methyl sites for hydroxylation is 1. The van der Waals surface area contributed by atoms with E-state index in [1.54, 1.807) is 11.3 Å². The van der Waals surface area contributed by atoms with E-state index in [1.165, 1.54) is 16.9 Å². The summed E-state index contributed by atoms with van der Waals surface area (Å²) in [5.41, 5.74) is 3.96. The fraction of sp³-hybridized carbons (Fsp3) is 0.476. The molecule has 0 atom stereocenters. The summed E-state index contributed by atoms with van der Waals surface area (Å²) in [5.74, 6) is -1.15. The normalized spacial score (nSPS) is 23.2. The van der Waals surface area contributed by atoms with Crippen LogP contribution in [0.5, 0.6) is 0 Å². The van der Waals surface area contributed by atoms with Crippen molar-refractivity contribution in [2.45, 2.75) is 45.6 Å². The zero-order valence-corrected chi connectivity index (χ0v) is 17.8. The summed E-state index contributed by atoms with van der Waals surface area (Å²) in [6, 6.07) is 0. The van der Waals surface area contributed by atoms with Crippen LogP contribution in [0, 0.1) is 18.8 Å². The first-order valence-corrected chi connectivity index (χ1v) is 11.7. The average Bonchev–Trinajstić information content (AvgIpc) is 3.30. The maximum Gasteiger partial charge on any atom is 0.332 e. The summed E-state index contributed by atoms with van der Waals surface area (Å²) in [7, 11) is 0. The first-order valence-electron chi connectivity index (χ1n) is 9.96. The molecular formula is C21H22N2O4S2. The fourth-order valence-corrected chi connectivity index (χ4v) is 7.01. The van der Waals surface area contributed by atoms with Crippen molar-refractivity contribution in [2.75, 3.05) is 11.9 Å². The van der Waals surface area contributed by atoms with Crippen molar-refractivity contribution < 1.29 is 19.4 Å². The van der Waals surface area contributed by atoms with Gasteiger partial charge in [-0.1, -0.05) is 0 Å². The van der Waals surface area contributed by atoms with Gasteiger partial charge in [0, 0.05) is 32.7 Å². The van der Waals surface area contributed by atoms with Gasteiger partial charge in [-0.2, -0.15) is 0 Å². The standard InChI is InChI=1S/C21H22N2O4S2/c1-10-9-28-19(22-10)17-13-6-7-27-8-14(13)29-20(17)23-18(24)15-11-2-4-12(5-3-11)16(15)21(25)26/h9,11-12H,2-8H2,1H3,(H,23,24)(H,25,26). The minimum atomic E-state index is -0.945. The van der Waals surface area contributed by atoms with E-state index in [9.17, 15) is 14.7 Å². The van der Waals surface area contributed by atoms with Crippen LogP contribution in [0.1, 0.15) is 41.8 Å². The van der Waals surface area contributed by atoms with E-state index < -0.39 is 5.97 Å². The molecule has 0 aromatic carbocycles. The van der Waals surface area contributed by atoms with Crippen LogP contribution in [0.15, 0.2) is 16.5 Å². The van der Waals surface area contributed by atoms with Crippen LogP contribution in [0.25, 0.3) is 10.6 Å². The Balaban J connectivity index is 1.55. The third-order valence-corrected chi connectivity index (χ3v) is 8.29. The van der Waals surface area contributed by atoms with E-state index in [0.29, 0.717) is 24.4 Å². The highest BCUT2D eigenvalue weighted by Gasteiger charge is 2.41. The molecule has 0 saturated heterocycles. The third kappa shape index (κ3) is 3.23. The second kappa shape index (κ2) is 7.34. The monoisotopic (exact) mass is 430 g/mol. The van der Waals surface area contributed by atoms with Gasteiger partial charge in [-0.3, -0.25) is 4.79 Å². The van der Waals surface area contributed by atoms with Crippen LogP contribution in [-0.4, -0.2) is 28.6 Å². The van der Waals surface area contributed by atoms with Crippen LogP contribution in [0.4, 0.5) is 5.00 Å². The van der Waals surface area contributed by atoms with Crippen molar-refractivity contribution in [3.8, 4) is 10.6 Å². The predicted octanol–water partition coefficient (Wildman–Crippen LogP) is 4.39. The first kappa shape index (κ1) is 19.0. The van der Waals surface area contributed by atoms with E-state index in [-0.39, 0.29) is 17.7 Å². The third-order valence-electron chi connectivity index (χ3n) is 6.19. The Kier molecular flexibility index (Phi) is 4.80. The summed E-state index contributed by atoms with van der Waals surface area (Å²) in [6.07, 6.45) is 4.34. The molecule has 29 heavy (non-hydrogen) atoms. The summed E-state index contributed by atoms with van der Waals surface area (Å²) < 4.78 is 5.61. The number of rotatable bonds is 4. The molecule has 4 aliphatic rings. The Morgan fingerprint density at radius 2 is 1.93 bits per heavy atom. The molecule has 1 saturated carbocycles. The molecule has 8 heteroatoms. The molecule has 0 unspecified atom stereocenters. The Hall–Kier alpha value is -2.03. The zero-order chi connectivity index (χ0) is 20.1. The highest BCUT2D eigenvalue weighted by molar-refractivity contribution is 7.18. The average molecular weight is 431 g/mol. The predicted molar refractivity (Wildman–Crippen MR) is 112 cm³/mol. The molecule has 2 N–H and O–H groups in total. The number of carbonyl (C=O) groups is 2. The molecule has 6 rings (SSSR count). The number of fused-ring (bicyclic) bond motifs is 3. The Morgan fingerprint density at radius 3 is 2.59 bits per heavy atom. The molecule has 2 bridgehead atoms. The van der Waals surface area contributed by atoms with Gasteiger partial charge in [0.25, 0.3) is 5.91 Å². The molecule has 2 aromatic heterocycles. The number of aromatic nitrogens is 1. The lowest BCUT2D eigenvalue weighted by Gasteiger charge is -2.37. The van der Waals surface area contributed by atoms with E-state index in [1.807, 2.05) is 12.3 Å². The molecule has 0 spiro atoms. The maximum absolute atomic E-state index is 13.3. The second-order valence-electron chi connectivity index (χ2n) is 7.94. The number of thiophene rings is 1. The number of anilines is 1. The number of hydrogen-bond donors (Lipinski definition) is 2. The second-order valence-corrected chi connectivity index (χ2v) is 9.90. The Labute approximate surface area is 176 Å². The number of carboxylic acids is 1. The van der Waals surface area contributed by atoms with Crippen molar-refractivity contribution in [3.05, 3.63) is 32.7 Å². The molecule has 152 valence electrons. The van der Waals surface area contributed by atoms with Crippen molar-refractivity contribution in [1.29, 1.82) is 0 Å². The van der Waals surface area contributed by atoms with Crippen molar-refractivity contribution in [2.24, 2.45) is 11.8 Å². The number of nitrogens with one attached hydrogen (secondary N) is 1. The number of amides is 1. The summed E-state index contributed by atoms with van der Waals surface area (Å²) in [5, 5.41) is 16.5. The highest BCUT2D eigenvalue weighted by Crippen LogP contribution is 2.47. The van der Waals surface area contributed by atoms with Gasteiger partial charge in [0.2, 0.25) is 0 Å². The van der Waals surface area contributed by atoms with Gasteiger partial charge in [-0.25, -0.2) is 9.78 Å². The number of thiazole rings is 1. The van der Waals surface area contributed by atoms with Gasteiger partial charge >= 0.3 is 5.97 Å². The van der Waals surface area contributed by atoms with E-state index >= 15 is 0 Å². The maximum atomic E-state index is 13.3. The SMILES string of the molecule is Cc1csc(-c2c(NC(=O)C3=C(C(=O)O)C4CCC3CC4)sc3c2CCOC3)n1. The molecule has 1 aliphatic heterocycles. The van der Waals surface area contributed by atoms with E-state index in [2.05, 4.69) is 10.3 Å². The topological polar surface area (TPSA) is 88.5 Å². The van der Waals surface area contributed by atoms with Crippen LogP contribution in [0.3, 0.4) is 0 Å². The molecular weight excluding hydrogens is 408 g/mol. The molecule has 0 radical (unpaired) electrons. The Bertz CT molecular complexity index is 1030. The summed E-state index contributed by atoms with van der Waals surface area (Å²) >= 11 is 3.10. The molecule has 3 aliphatic carbocycles. The molecule has 6 nitrogen and oxygen atoms in total. The molecule has 1 amide bonds. The number of carbonyl (C=O) groups excluding carboxylic acids is 1. The lowest BCUT2D eigenvalue weighted by molar-refractivity contribution is -0.134. The van der Waals surface area contributed by atoms with E-state index in [4.69, 9.17) is 4.74 Å². The van der Waals surface area contributed by atoms with Gasteiger partial charge in [-0.15, -0.1) is 22.7 Å². The van der Waals surface area contributed by atoms with Crippen LogP contribution >= 0.6 is 22.7 Å².